The van der Waals surface area contributed by atoms with E-state index in [0.717, 1.165) is 32.3 Å². The van der Waals surface area contributed by atoms with Gasteiger partial charge in [0.2, 0.25) is 0 Å². The molecule has 2 heterocycles. The molecule has 0 aliphatic carbocycles. The maximum absolute atomic E-state index is 12.5. The molecule has 0 fully saturated rings. The minimum absolute atomic E-state index is 0.0742. The third kappa shape index (κ3) is 3.09. The molecule has 0 aliphatic rings. The van der Waals surface area contributed by atoms with Gasteiger partial charge in [-0.3, -0.25) is 14.9 Å². The van der Waals surface area contributed by atoms with Crippen molar-refractivity contribution in [2.75, 3.05) is 0 Å². The van der Waals surface area contributed by atoms with Crippen molar-refractivity contribution in [3.63, 3.8) is 0 Å². The number of nitro groups is 1. The van der Waals surface area contributed by atoms with Gasteiger partial charge in [-0.05, 0) is 17.5 Å². The van der Waals surface area contributed by atoms with E-state index in [1.54, 1.807) is 6.08 Å². The number of hydrogen-bond acceptors (Lipinski definition) is 5. The predicted molar refractivity (Wildman–Crippen MR) is 108 cm³/mol. The van der Waals surface area contributed by atoms with Crippen LogP contribution in [0, 0.1) is 10.1 Å². The summed E-state index contributed by atoms with van der Waals surface area (Å²) in [4.78, 5) is 27.9. The van der Waals surface area contributed by atoms with Gasteiger partial charge in [0.05, 0.1) is 15.1 Å². The molecular formula is C19H13N3O3S2. The van der Waals surface area contributed by atoms with Crippen molar-refractivity contribution in [2.24, 2.45) is 4.99 Å². The minimum atomic E-state index is -0.509. The topological polar surface area (TPSA) is 77.5 Å². The van der Waals surface area contributed by atoms with Gasteiger partial charge < -0.3 is 4.57 Å². The fraction of sp³-hybridized carbons (Fsp3) is 0.0526. The van der Waals surface area contributed by atoms with E-state index in [2.05, 4.69) is 11.6 Å². The average molecular weight is 395 g/mol. The summed E-state index contributed by atoms with van der Waals surface area (Å²) in [5, 5.41) is 13.0. The number of rotatable bonds is 4. The summed E-state index contributed by atoms with van der Waals surface area (Å²) in [7, 11) is 0. The van der Waals surface area contributed by atoms with Crippen LogP contribution in [0.2, 0.25) is 0 Å². The highest BCUT2D eigenvalue weighted by Crippen LogP contribution is 2.28. The number of carbonyl (C=O) groups excluding carboxylic acids is 1. The number of aromatic nitrogens is 1. The molecule has 4 aromatic rings. The van der Waals surface area contributed by atoms with E-state index in [-0.39, 0.29) is 9.88 Å². The lowest BCUT2D eigenvalue weighted by Crippen LogP contribution is -2.15. The smallest absolute Gasteiger partial charge is 0.312 e. The standard InChI is InChI=1S/C19H13N3O3S2/c1-2-11-21-14-8-7-12-5-3-4-6-13(12)17(14)27-19(21)20-18(23)15-9-10-16(26-15)22(24)25/h2-10H,1,11H2. The van der Waals surface area contributed by atoms with Crippen LogP contribution in [0.5, 0.6) is 0 Å². The van der Waals surface area contributed by atoms with Crippen molar-refractivity contribution in [3.05, 3.63) is 81.0 Å². The molecule has 134 valence electrons. The van der Waals surface area contributed by atoms with Crippen LogP contribution in [0.4, 0.5) is 5.00 Å². The van der Waals surface area contributed by atoms with Crippen molar-refractivity contribution in [1.29, 1.82) is 0 Å². The molecule has 2 aromatic carbocycles. The second kappa shape index (κ2) is 6.90. The Kier molecular flexibility index (Phi) is 4.43. The van der Waals surface area contributed by atoms with Crippen LogP contribution in [0.1, 0.15) is 9.67 Å². The highest BCUT2D eigenvalue weighted by molar-refractivity contribution is 7.18. The van der Waals surface area contributed by atoms with Crippen LogP contribution in [-0.4, -0.2) is 15.4 Å². The van der Waals surface area contributed by atoms with E-state index >= 15 is 0 Å². The Labute approximate surface area is 161 Å². The van der Waals surface area contributed by atoms with E-state index in [0.29, 0.717) is 11.3 Å². The lowest BCUT2D eigenvalue weighted by molar-refractivity contribution is -0.380. The number of thiazole rings is 1. The quantitative estimate of drug-likeness (QED) is 0.284. The van der Waals surface area contributed by atoms with Crippen LogP contribution in [0.15, 0.2) is 66.2 Å². The van der Waals surface area contributed by atoms with Crippen LogP contribution >= 0.6 is 22.7 Å². The van der Waals surface area contributed by atoms with Gasteiger partial charge in [-0.15, -0.1) is 6.58 Å². The van der Waals surface area contributed by atoms with Gasteiger partial charge in [-0.1, -0.05) is 59.1 Å². The third-order valence-electron chi connectivity index (χ3n) is 4.07. The van der Waals surface area contributed by atoms with Crippen molar-refractivity contribution < 1.29 is 9.72 Å². The highest BCUT2D eigenvalue weighted by atomic mass is 32.1. The first kappa shape index (κ1) is 17.3. The van der Waals surface area contributed by atoms with Crippen molar-refractivity contribution in [3.8, 4) is 0 Å². The number of allylic oxidation sites excluding steroid dienone is 1. The minimum Gasteiger partial charge on any atom is -0.312 e. The van der Waals surface area contributed by atoms with Gasteiger partial charge in [0.25, 0.3) is 5.91 Å². The Balaban J connectivity index is 1.91. The molecule has 0 aliphatic heterocycles. The van der Waals surface area contributed by atoms with Gasteiger partial charge in [0.15, 0.2) is 4.80 Å². The monoisotopic (exact) mass is 395 g/mol. The maximum Gasteiger partial charge on any atom is 0.324 e. The molecule has 1 amide bonds. The molecule has 0 saturated heterocycles. The summed E-state index contributed by atoms with van der Waals surface area (Å²) in [5.74, 6) is -0.484. The molecule has 27 heavy (non-hydrogen) atoms. The molecule has 2 aromatic heterocycles. The van der Waals surface area contributed by atoms with Crippen LogP contribution in [-0.2, 0) is 6.54 Å². The average Bonchev–Trinajstić information content (AvgIpc) is 3.28. The molecular weight excluding hydrogens is 382 g/mol. The Bertz CT molecular complexity index is 1280. The highest BCUT2D eigenvalue weighted by Gasteiger charge is 2.16. The van der Waals surface area contributed by atoms with E-state index in [9.17, 15) is 14.9 Å². The van der Waals surface area contributed by atoms with E-state index < -0.39 is 10.8 Å². The third-order valence-corrected chi connectivity index (χ3v) is 6.22. The van der Waals surface area contributed by atoms with Crippen molar-refractivity contribution in [1.82, 2.24) is 4.57 Å². The lowest BCUT2D eigenvalue weighted by atomic mass is 10.1. The molecule has 0 bridgehead atoms. The molecule has 0 N–H and O–H groups in total. The van der Waals surface area contributed by atoms with Gasteiger partial charge in [-0.2, -0.15) is 4.99 Å². The summed E-state index contributed by atoms with van der Waals surface area (Å²) >= 11 is 2.26. The zero-order valence-electron chi connectivity index (χ0n) is 14.0. The fourth-order valence-electron chi connectivity index (χ4n) is 2.87. The second-order valence-corrected chi connectivity index (χ2v) is 7.77. The van der Waals surface area contributed by atoms with E-state index in [1.807, 2.05) is 41.0 Å². The lowest BCUT2D eigenvalue weighted by Gasteiger charge is -2.02. The van der Waals surface area contributed by atoms with Gasteiger partial charge in [0.1, 0.15) is 4.88 Å². The number of hydrogen-bond donors (Lipinski definition) is 0. The summed E-state index contributed by atoms with van der Waals surface area (Å²) in [6.45, 7) is 4.30. The number of fused-ring (bicyclic) bond motifs is 3. The fourth-order valence-corrected chi connectivity index (χ4v) is 4.75. The van der Waals surface area contributed by atoms with Crippen LogP contribution in [0.3, 0.4) is 0 Å². The first-order valence-corrected chi connectivity index (χ1v) is 9.67. The van der Waals surface area contributed by atoms with Gasteiger partial charge in [0, 0.05) is 18.0 Å². The number of benzene rings is 2. The molecule has 0 radical (unpaired) electrons. The number of carbonyl (C=O) groups is 1. The maximum atomic E-state index is 12.5. The molecule has 6 nitrogen and oxygen atoms in total. The first-order chi connectivity index (χ1) is 13.1. The van der Waals surface area contributed by atoms with Crippen molar-refractivity contribution in [2.45, 2.75) is 6.54 Å². The molecule has 0 spiro atoms. The number of amides is 1. The Morgan fingerprint density at radius 1 is 1.19 bits per heavy atom. The summed E-state index contributed by atoms with van der Waals surface area (Å²) in [6.07, 6.45) is 1.75. The van der Waals surface area contributed by atoms with Gasteiger partial charge in [-0.25, -0.2) is 0 Å². The van der Waals surface area contributed by atoms with E-state index in [1.165, 1.54) is 23.5 Å². The van der Waals surface area contributed by atoms with Crippen LogP contribution in [0.25, 0.3) is 21.0 Å². The zero-order valence-corrected chi connectivity index (χ0v) is 15.6. The Morgan fingerprint density at radius 2 is 2.00 bits per heavy atom. The summed E-state index contributed by atoms with van der Waals surface area (Å²) in [6, 6.07) is 14.9. The normalized spacial score (nSPS) is 11.9. The number of thiophene rings is 1. The van der Waals surface area contributed by atoms with E-state index in [4.69, 9.17) is 0 Å². The SMILES string of the molecule is C=CCn1c(=NC(=O)c2ccc([N+](=O)[O-])s2)sc2c3ccccc3ccc21. The van der Waals surface area contributed by atoms with Gasteiger partial charge >= 0.3 is 5.00 Å². The molecule has 0 unspecified atom stereocenters. The van der Waals surface area contributed by atoms with Crippen molar-refractivity contribution >= 4 is 54.6 Å². The Morgan fingerprint density at radius 3 is 2.74 bits per heavy atom. The largest absolute Gasteiger partial charge is 0.324 e. The molecule has 0 saturated carbocycles. The predicted octanol–water partition coefficient (Wildman–Crippen LogP) is 4.75. The summed E-state index contributed by atoms with van der Waals surface area (Å²) in [5.41, 5.74) is 0.974. The Hall–Kier alpha value is -3.10. The molecule has 0 atom stereocenters. The first-order valence-electron chi connectivity index (χ1n) is 8.04. The second-order valence-electron chi connectivity index (χ2n) is 5.73. The molecule has 4 rings (SSSR count). The summed E-state index contributed by atoms with van der Waals surface area (Å²) < 4.78 is 2.97. The number of nitrogens with zero attached hydrogens (tertiary/aromatic N) is 3. The zero-order chi connectivity index (χ0) is 19.0. The molecule has 8 heteroatoms. The van der Waals surface area contributed by atoms with Crippen LogP contribution < -0.4 is 4.80 Å².